The Hall–Kier alpha value is -0.520. The number of allylic oxidation sites excluding steroid dienone is 3. The van der Waals surface area contributed by atoms with Crippen LogP contribution in [0.3, 0.4) is 0 Å². The topological polar surface area (TPSA) is 0 Å². The van der Waals surface area contributed by atoms with Gasteiger partial charge in [0.05, 0.1) is 0 Å². The van der Waals surface area contributed by atoms with E-state index in [-0.39, 0.29) is 5.41 Å². The molecule has 0 bridgehead atoms. The van der Waals surface area contributed by atoms with E-state index in [0.717, 1.165) is 6.42 Å². The Bertz CT molecular complexity index is 223. The first-order chi connectivity index (χ1) is 7.34. The molecule has 0 atom stereocenters. The maximum absolute atomic E-state index is 4.13. The minimum absolute atomic E-state index is 0.290. The molecule has 0 spiro atoms. The van der Waals surface area contributed by atoms with Crippen LogP contribution in [0.5, 0.6) is 0 Å². The second kappa shape index (κ2) is 8.61. The van der Waals surface area contributed by atoms with Crippen LogP contribution in [0.2, 0.25) is 0 Å². The van der Waals surface area contributed by atoms with Crippen molar-refractivity contribution < 1.29 is 0 Å². The van der Waals surface area contributed by atoms with E-state index in [0.29, 0.717) is 0 Å². The Morgan fingerprint density at radius 2 is 1.50 bits per heavy atom. The first-order valence-corrected chi connectivity index (χ1v) is 6.72. The van der Waals surface area contributed by atoms with Crippen molar-refractivity contribution in [1.29, 1.82) is 0 Å². The van der Waals surface area contributed by atoms with Crippen molar-refractivity contribution in [3.8, 4) is 0 Å². The summed E-state index contributed by atoms with van der Waals surface area (Å²) in [6, 6.07) is 0. The molecule has 0 N–H and O–H groups in total. The minimum atomic E-state index is 0.290. The van der Waals surface area contributed by atoms with Crippen molar-refractivity contribution in [2.24, 2.45) is 5.41 Å². The summed E-state index contributed by atoms with van der Waals surface area (Å²) < 4.78 is 0. The fourth-order valence-corrected chi connectivity index (χ4v) is 1.85. The third-order valence-corrected chi connectivity index (χ3v) is 2.82. The zero-order valence-corrected chi connectivity index (χ0v) is 12.8. The Morgan fingerprint density at radius 1 is 1.06 bits per heavy atom. The molecule has 0 saturated carbocycles. The number of hydrogen-bond acceptors (Lipinski definition) is 0. The van der Waals surface area contributed by atoms with Gasteiger partial charge in [0.25, 0.3) is 0 Å². The van der Waals surface area contributed by atoms with Crippen molar-refractivity contribution in [2.45, 2.75) is 74.7 Å². The van der Waals surface area contributed by atoms with E-state index in [4.69, 9.17) is 0 Å². The van der Waals surface area contributed by atoms with Gasteiger partial charge in [-0.2, -0.15) is 0 Å². The first-order valence-electron chi connectivity index (χ1n) is 6.72. The highest BCUT2D eigenvalue weighted by Gasteiger charge is 2.19. The normalized spacial score (nSPS) is 12.5. The summed E-state index contributed by atoms with van der Waals surface area (Å²) in [6.07, 6.45) is 3.49. The lowest BCUT2D eigenvalue weighted by Crippen LogP contribution is -2.12. The molecular formula is C16H32. The maximum atomic E-state index is 4.13. The first kappa shape index (κ1) is 17.9. The summed E-state index contributed by atoms with van der Waals surface area (Å²) in [5.41, 5.74) is 4.59. The van der Waals surface area contributed by atoms with Crippen LogP contribution >= 0.6 is 0 Å². The highest BCUT2D eigenvalue weighted by atomic mass is 14.2. The standard InChI is InChI=1S/C14H26.C2H6/c1-8-10-13(14(5,6)7)12(4)11(3)9-2;1-2/h3,8-10H2,1-2,4-7H3;1-2H3/b13-12-;. The SMILES string of the molecule is C=C(CC)/C(C)=C(/CCC)C(C)(C)C.CC. The van der Waals surface area contributed by atoms with Gasteiger partial charge in [-0.15, -0.1) is 0 Å². The average molecular weight is 224 g/mol. The number of rotatable bonds is 4. The smallest absolute Gasteiger partial charge is 0.0167 e. The van der Waals surface area contributed by atoms with Gasteiger partial charge in [0.1, 0.15) is 0 Å². The lowest BCUT2D eigenvalue weighted by Gasteiger charge is -2.26. The summed E-state index contributed by atoms with van der Waals surface area (Å²) in [5.74, 6) is 0. The summed E-state index contributed by atoms with van der Waals surface area (Å²) in [6.45, 7) is 21.7. The van der Waals surface area contributed by atoms with Gasteiger partial charge >= 0.3 is 0 Å². The Labute approximate surface area is 104 Å². The third kappa shape index (κ3) is 6.15. The van der Waals surface area contributed by atoms with Crippen LogP contribution in [-0.2, 0) is 0 Å². The zero-order valence-electron chi connectivity index (χ0n) is 12.8. The predicted octanol–water partition coefficient (Wildman–Crippen LogP) is 6.14. The van der Waals surface area contributed by atoms with E-state index in [1.807, 2.05) is 13.8 Å². The summed E-state index contributed by atoms with van der Waals surface area (Å²) >= 11 is 0. The zero-order chi connectivity index (χ0) is 13.4. The quantitative estimate of drug-likeness (QED) is 0.503. The molecule has 0 aliphatic rings. The van der Waals surface area contributed by atoms with E-state index in [1.165, 1.54) is 24.0 Å². The third-order valence-electron chi connectivity index (χ3n) is 2.82. The maximum Gasteiger partial charge on any atom is -0.0167 e. The van der Waals surface area contributed by atoms with Gasteiger partial charge in [-0.05, 0) is 30.8 Å². The largest absolute Gasteiger partial charge is 0.0956 e. The van der Waals surface area contributed by atoms with Gasteiger partial charge in [0.15, 0.2) is 0 Å². The van der Waals surface area contributed by atoms with Gasteiger partial charge in [0, 0.05) is 0 Å². The van der Waals surface area contributed by atoms with Gasteiger partial charge < -0.3 is 0 Å². The average Bonchev–Trinajstić information content (AvgIpc) is 2.25. The molecule has 0 aliphatic heterocycles. The van der Waals surface area contributed by atoms with Crippen molar-refractivity contribution in [3.05, 3.63) is 23.3 Å². The molecule has 0 amide bonds. The minimum Gasteiger partial charge on any atom is -0.0956 e. The molecule has 96 valence electrons. The Morgan fingerprint density at radius 3 is 1.75 bits per heavy atom. The number of hydrogen-bond donors (Lipinski definition) is 0. The molecule has 0 radical (unpaired) electrons. The summed E-state index contributed by atoms with van der Waals surface area (Å²) in [5, 5.41) is 0. The fraction of sp³-hybridized carbons (Fsp3) is 0.750. The lowest BCUT2D eigenvalue weighted by molar-refractivity contribution is 0.475. The molecule has 16 heavy (non-hydrogen) atoms. The highest BCUT2D eigenvalue weighted by molar-refractivity contribution is 5.33. The Kier molecular flexibility index (Phi) is 9.61. The van der Waals surface area contributed by atoms with Crippen molar-refractivity contribution in [2.75, 3.05) is 0 Å². The van der Waals surface area contributed by atoms with Crippen LogP contribution in [0.25, 0.3) is 0 Å². The van der Waals surface area contributed by atoms with Gasteiger partial charge in [-0.25, -0.2) is 0 Å². The second-order valence-corrected chi connectivity index (χ2v) is 5.06. The van der Waals surface area contributed by atoms with Crippen LogP contribution in [0, 0.1) is 5.41 Å². The fourth-order valence-electron chi connectivity index (χ4n) is 1.85. The van der Waals surface area contributed by atoms with Crippen molar-refractivity contribution >= 4 is 0 Å². The molecule has 0 aliphatic carbocycles. The van der Waals surface area contributed by atoms with Crippen LogP contribution < -0.4 is 0 Å². The van der Waals surface area contributed by atoms with Gasteiger partial charge in [-0.3, -0.25) is 0 Å². The lowest BCUT2D eigenvalue weighted by atomic mass is 9.79. The molecule has 0 unspecified atom stereocenters. The van der Waals surface area contributed by atoms with E-state index >= 15 is 0 Å². The summed E-state index contributed by atoms with van der Waals surface area (Å²) in [4.78, 5) is 0. The van der Waals surface area contributed by atoms with Crippen molar-refractivity contribution in [3.63, 3.8) is 0 Å². The van der Waals surface area contributed by atoms with E-state index in [1.54, 1.807) is 5.57 Å². The molecule has 0 aromatic heterocycles. The van der Waals surface area contributed by atoms with Crippen LogP contribution in [0.15, 0.2) is 23.3 Å². The highest BCUT2D eigenvalue weighted by Crippen LogP contribution is 2.34. The van der Waals surface area contributed by atoms with Crippen LogP contribution in [0.4, 0.5) is 0 Å². The molecule has 0 aromatic rings. The molecule has 0 rings (SSSR count). The van der Waals surface area contributed by atoms with E-state index in [2.05, 4.69) is 48.1 Å². The van der Waals surface area contributed by atoms with Crippen molar-refractivity contribution in [1.82, 2.24) is 0 Å². The predicted molar refractivity (Wildman–Crippen MR) is 77.8 cm³/mol. The summed E-state index contributed by atoms with van der Waals surface area (Å²) in [7, 11) is 0. The molecule has 0 nitrogen and oxygen atoms in total. The van der Waals surface area contributed by atoms with Gasteiger partial charge in [-0.1, -0.05) is 72.6 Å². The molecular weight excluding hydrogens is 192 g/mol. The van der Waals surface area contributed by atoms with E-state index in [9.17, 15) is 0 Å². The second-order valence-electron chi connectivity index (χ2n) is 5.06. The van der Waals surface area contributed by atoms with Crippen LogP contribution in [-0.4, -0.2) is 0 Å². The van der Waals surface area contributed by atoms with Gasteiger partial charge in [0.2, 0.25) is 0 Å². The molecule has 0 saturated heterocycles. The molecule has 0 fully saturated rings. The molecule has 0 heterocycles. The molecule has 0 heteroatoms. The monoisotopic (exact) mass is 224 g/mol. The Balaban J connectivity index is 0. The molecule has 0 aromatic carbocycles. The van der Waals surface area contributed by atoms with E-state index < -0.39 is 0 Å². The van der Waals surface area contributed by atoms with Crippen LogP contribution in [0.1, 0.15) is 74.7 Å².